The Kier molecular flexibility index (Phi) is 2.11. The van der Waals surface area contributed by atoms with Crippen molar-refractivity contribution in [2.45, 2.75) is 6.42 Å². The van der Waals surface area contributed by atoms with Crippen molar-refractivity contribution >= 4 is 5.69 Å². The zero-order chi connectivity index (χ0) is 10.1. The predicted molar refractivity (Wildman–Crippen MR) is 53.2 cm³/mol. The van der Waals surface area contributed by atoms with E-state index in [1.54, 1.807) is 14.2 Å². The van der Waals surface area contributed by atoms with Crippen LogP contribution in [0.1, 0.15) is 5.56 Å². The van der Waals surface area contributed by atoms with Crippen LogP contribution in [0.4, 0.5) is 5.69 Å². The van der Waals surface area contributed by atoms with E-state index in [0.29, 0.717) is 23.8 Å². The Morgan fingerprint density at radius 3 is 2.64 bits per heavy atom. The van der Waals surface area contributed by atoms with Crippen molar-refractivity contribution in [2.75, 3.05) is 26.6 Å². The van der Waals surface area contributed by atoms with Crippen LogP contribution in [-0.2, 0) is 6.42 Å². The molecule has 0 atom stereocenters. The lowest BCUT2D eigenvalue weighted by molar-refractivity contribution is 0.310. The molecule has 0 saturated carbocycles. The van der Waals surface area contributed by atoms with Crippen LogP contribution < -0.4 is 19.9 Å². The van der Waals surface area contributed by atoms with E-state index in [9.17, 15) is 0 Å². The monoisotopic (exact) mass is 195 g/mol. The van der Waals surface area contributed by atoms with E-state index in [1.165, 1.54) is 0 Å². The molecule has 0 saturated heterocycles. The molecule has 0 aromatic heterocycles. The average molecular weight is 195 g/mol. The van der Waals surface area contributed by atoms with E-state index in [-0.39, 0.29) is 0 Å². The van der Waals surface area contributed by atoms with Crippen LogP contribution in [0, 0.1) is 0 Å². The third-order valence-electron chi connectivity index (χ3n) is 2.32. The standard InChI is InChI=1S/C10H13NO3/c1-12-9-7(11)5-6-3-4-14-8(6)10(9)13-2/h5H,3-4,11H2,1-2H3. The third-order valence-corrected chi connectivity index (χ3v) is 2.32. The molecule has 1 aromatic carbocycles. The average Bonchev–Trinajstić information content (AvgIpc) is 2.62. The smallest absolute Gasteiger partial charge is 0.205 e. The number of benzene rings is 1. The summed E-state index contributed by atoms with van der Waals surface area (Å²) in [6, 6.07) is 1.88. The molecule has 0 aliphatic carbocycles. The van der Waals surface area contributed by atoms with E-state index in [4.69, 9.17) is 19.9 Å². The first-order valence-corrected chi connectivity index (χ1v) is 4.44. The highest BCUT2D eigenvalue weighted by Crippen LogP contribution is 2.46. The quantitative estimate of drug-likeness (QED) is 0.721. The van der Waals surface area contributed by atoms with Gasteiger partial charge in [-0.25, -0.2) is 0 Å². The summed E-state index contributed by atoms with van der Waals surface area (Å²) in [5.41, 5.74) is 7.49. The summed E-state index contributed by atoms with van der Waals surface area (Å²) in [6.07, 6.45) is 0.875. The lowest BCUT2D eigenvalue weighted by Gasteiger charge is -2.13. The molecule has 0 spiro atoms. The van der Waals surface area contributed by atoms with Crippen LogP contribution >= 0.6 is 0 Å². The SMILES string of the molecule is COc1c(N)cc2c(c1OC)OCC2. The van der Waals surface area contributed by atoms with Gasteiger partial charge in [0.2, 0.25) is 5.75 Å². The summed E-state index contributed by atoms with van der Waals surface area (Å²) in [7, 11) is 3.15. The van der Waals surface area contributed by atoms with Crippen LogP contribution in [-0.4, -0.2) is 20.8 Å². The Labute approximate surface area is 82.6 Å². The van der Waals surface area contributed by atoms with Gasteiger partial charge in [0, 0.05) is 12.0 Å². The van der Waals surface area contributed by atoms with E-state index in [2.05, 4.69) is 0 Å². The number of anilines is 1. The van der Waals surface area contributed by atoms with Gasteiger partial charge in [-0.05, 0) is 6.07 Å². The molecule has 0 fully saturated rings. The lowest BCUT2D eigenvalue weighted by atomic mass is 10.1. The summed E-state index contributed by atoms with van der Waals surface area (Å²) in [5, 5.41) is 0. The number of ether oxygens (including phenoxy) is 3. The van der Waals surface area contributed by atoms with Crippen LogP contribution in [0.5, 0.6) is 17.2 Å². The van der Waals surface area contributed by atoms with Gasteiger partial charge in [0.1, 0.15) is 0 Å². The highest BCUT2D eigenvalue weighted by atomic mass is 16.5. The van der Waals surface area contributed by atoms with Gasteiger partial charge in [0.15, 0.2) is 11.5 Å². The highest BCUT2D eigenvalue weighted by Gasteiger charge is 2.23. The molecule has 0 bridgehead atoms. The zero-order valence-corrected chi connectivity index (χ0v) is 8.29. The maximum atomic E-state index is 5.82. The highest BCUT2D eigenvalue weighted by molar-refractivity contribution is 5.69. The Balaban J connectivity index is 2.62. The number of nitrogen functional groups attached to an aromatic ring is 1. The van der Waals surface area contributed by atoms with Crippen molar-refractivity contribution in [3.05, 3.63) is 11.6 Å². The van der Waals surface area contributed by atoms with Crippen molar-refractivity contribution in [1.82, 2.24) is 0 Å². The Morgan fingerprint density at radius 1 is 1.29 bits per heavy atom. The Bertz CT molecular complexity index is 359. The number of methoxy groups -OCH3 is 2. The Morgan fingerprint density at radius 2 is 2.00 bits per heavy atom. The fraction of sp³-hybridized carbons (Fsp3) is 0.400. The van der Waals surface area contributed by atoms with E-state index < -0.39 is 0 Å². The second-order valence-electron chi connectivity index (χ2n) is 3.12. The molecule has 76 valence electrons. The van der Waals surface area contributed by atoms with Crippen LogP contribution in [0.2, 0.25) is 0 Å². The molecule has 14 heavy (non-hydrogen) atoms. The number of rotatable bonds is 2. The second kappa shape index (κ2) is 3.29. The van der Waals surface area contributed by atoms with E-state index >= 15 is 0 Å². The van der Waals surface area contributed by atoms with Gasteiger partial charge >= 0.3 is 0 Å². The number of hydrogen-bond donors (Lipinski definition) is 1. The van der Waals surface area contributed by atoms with Crippen LogP contribution in [0.15, 0.2) is 6.07 Å². The largest absolute Gasteiger partial charge is 0.491 e. The predicted octanol–water partition coefficient (Wildman–Crippen LogP) is 1.22. The van der Waals surface area contributed by atoms with Gasteiger partial charge in [0.25, 0.3) is 0 Å². The van der Waals surface area contributed by atoms with E-state index in [0.717, 1.165) is 17.7 Å². The molecule has 1 aromatic rings. The number of nitrogens with two attached hydrogens (primary N) is 1. The molecule has 1 aliphatic rings. The lowest BCUT2D eigenvalue weighted by Crippen LogP contribution is -1.98. The molecule has 0 amide bonds. The molecule has 1 aliphatic heterocycles. The minimum atomic E-state index is 0.549. The minimum absolute atomic E-state index is 0.549. The minimum Gasteiger partial charge on any atom is -0.491 e. The number of fused-ring (bicyclic) bond motifs is 1. The molecule has 4 heteroatoms. The van der Waals surface area contributed by atoms with Gasteiger partial charge in [-0.15, -0.1) is 0 Å². The van der Waals surface area contributed by atoms with Crippen molar-refractivity contribution in [3.8, 4) is 17.2 Å². The summed E-state index contributed by atoms with van der Waals surface area (Å²) >= 11 is 0. The van der Waals surface area contributed by atoms with Crippen molar-refractivity contribution in [1.29, 1.82) is 0 Å². The summed E-state index contributed by atoms with van der Waals surface area (Å²) in [6.45, 7) is 0.679. The zero-order valence-electron chi connectivity index (χ0n) is 8.29. The maximum Gasteiger partial charge on any atom is 0.205 e. The van der Waals surface area contributed by atoms with E-state index in [1.807, 2.05) is 6.07 Å². The first kappa shape index (κ1) is 8.99. The van der Waals surface area contributed by atoms with Gasteiger partial charge < -0.3 is 19.9 Å². The molecule has 0 radical (unpaired) electrons. The van der Waals surface area contributed by atoms with Gasteiger partial charge in [0.05, 0.1) is 26.5 Å². The van der Waals surface area contributed by atoms with Crippen molar-refractivity contribution < 1.29 is 14.2 Å². The summed E-state index contributed by atoms with van der Waals surface area (Å²) in [4.78, 5) is 0. The molecule has 4 nitrogen and oxygen atoms in total. The molecule has 0 unspecified atom stereocenters. The van der Waals surface area contributed by atoms with Crippen molar-refractivity contribution in [3.63, 3.8) is 0 Å². The first-order valence-electron chi connectivity index (χ1n) is 4.44. The fourth-order valence-corrected chi connectivity index (χ4v) is 1.70. The maximum absolute atomic E-state index is 5.82. The molecular weight excluding hydrogens is 182 g/mol. The fourth-order valence-electron chi connectivity index (χ4n) is 1.70. The van der Waals surface area contributed by atoms with Gasteiger partial charge in [-0.2, -0.15) is 0 Å². The van der Waals surface area contributed by atoms with Gasteiger partial charge in [-0.1, -0.05) is 0 Å². The summed E-state index contributed by atoms with van der Waals surface area (Å²) in [5.74, 6) is 1.91. The van der Waals surface area contributed by atoms with Crippen molar-refractivity contribution in [2.24, 2.45) is 0 Å². The van der Waals surface area contributed by atoms with Crippen LogP contribution in [0.25, 0.3) is 0 Å². The molecule has 1 heterocycles. The third kappa shape index (κ3) is 1.14. The first-order chi connectivity index (χ1) is 6.77. The molecular formula is C10H13NO3. The second-order valence-corrected chi connectivity index (χ2v) is 3.12. The number of hydrogen-bond acceptors (Lipinski definition) is 4. The normalized spacial score (nSPS) is 13.3. The molecule has 2 N–H and O–H groups in total. The topological polar surface area (TPSA) is 53.7 Å². The summed E-state index contributed by atoms with van der Waals surface area (Å²) < 4.78 is 15.8. The van der Waals surface area contributed by atoms with Crippen LogP contribution in [0.3, 0.4) is 0 Å². The molecule has 2 rings (SSSR count). The van der Waals surface area contributed by atoms with Gasteiger partial charge in [-0.3, -0.25) is 0 Å². The Hall–Kier alpha value is -1.58.